The summed E-state index contributed by atoms with van der Waals surface area (Å²) in [6, 6.07) is 9.73. The van der Waals surface area contributed by atoms with Gasteiger partial charge < -0.3 is 20.5 Å². The first-order chi connectivity index (χ1) is 17.1. The molecule has 0 heterocycles. The zero-order valence-electron chi connectivity index (χ0n) is 21.8. The summed E-state index contributed by atoms with van der Waals surface area (Å²) in [7, 11) is 0. The topological polar surface area (TPSA) is 105 Å². The number of nitrogens with one attached hydrogen (secondary N) is 2. The monoisotopic (exact) mass is 498 g/mol. The summed E-state index contributed by atoms with van der Waals surface area (Å²) < 4.78 is 5.60. The van der Waals surface area contributed by atoms with E-state index < -0.39 is 17.0 Å². The Balaban J connectivity index is 1.93. The molecule has 1 aliphatic rings. The Morgan fingerprint density at radius 2 is 1.69 bits per heavy atom. The summed E-state index contributed by atoms with van der Waals surface area (Å²) in [5.41, 5.74) is -0.368. The molecule has 1 aliphatic carbocycles. The van der Waals surface area contributed by atoms with E-state index in [0.29, 0.717) is 19.3 Å². The van der Waals surface area contributed by atoms with Crippen LogP contribution < -0.4 is 10.6 Å². The van der Waals surface area contributed by atoms with Crippen molar-refractivity contribution in [1.82, 2.24) is 10.6 Å². The molecule has 3 N–H and O–H groups in total. The number of hydrogen-bond donors (Lipinski definition) is 3. The molecule has 7 nitrogen and oxygen atoms in total. The lowest BCUT2D eigenvalue weighted by Gasteiger charge is -2.30. The Morgan fingerprint density at radius 1 is 1.08 bits per heavy atom. The Kier molecular flexibility index (Phi) is 11.4. The van der Waals surface area contributed by atoms with Crippen LogP contribution in [0.3, 0.4) is 0 Å². The van der Waals surface area contributed by atoms with Crippen LogP contribution >= 0.6 is 0 Å². The highest BCUT2D eigenvalue weighted by Crippen LogP contribution is 2.29. The number of rotatable bonds is 15. The van der Waals surface area contributed by atoms with Gasteiger partial charge in [0, 0.05) is 6.42 Å². The van der Waals surface area contributed by atoms with E-state index in [-0.39, 0.29) is 43.3 Å². The van der Waals surface area contributed by atoms with Gasteiger partial charge in [-0.1, -0.05) is 55.3 Å². The average Bonchev–Trinajstić information content (AvgIpc) is 3.31. The van der Waals surface area contributed by atoms with Gasteiger partial charge in [-0.25, -0.2) is 0 Å². The molecule has 0 aliphatic heterocycles. The molecule has 0 saturated heterocycles. The van der Waals surface area contributed by atoms with Crippen molar-refractivity contribution in [2.75, 3.05) is 13.2 Å². The molecule has 0 bridgehead atoms. The number of aliphatic hydroxyl groups excluding tert-OH is 1. The predicted octanol–water partition coefficient (Wildman–Crippen LogP) is 3.86. The minimum atomic E-state index is -0.827. The fourth-order valence-electron chi connectivity index (χ4n) is 4.63. The number of carbonyl (C=O) groups is 3. The smallest absolute Gasteiger partial charge is 0.309 e. The lowest BCUT2D eigenvalue weighted by Crippen LogP contribution is -2.52. The van der Waals surface area contributed by atoms with Crippen LogP contribution in [0.25, 0.3) is 0 Å². The summed E-state index contributed by atoms with van der Waals surface area (Å²) in [6.45, 7) is 10.9. The SMILES string of the molecule is C=CCC(CC(=O)NC1(CO)CCCC1)C(=O)NC(C)(C)COC(=O)C(CC=C)Cc1ccccc1. The molecule has 1 aromatic rings. The van der Waals surface area contributed by atoms with Crippen molar-refractivity contribution in [3.63, 3.8) is 0 Å². The van der Waals surface area contributed by atoms with Gasteiger partial charge in [0.2, 0.25) is 11.8 Å². The molecular formula is C29H42N2O5. The lowest BCUT2D eigenvalue weighted by molar-refractivity contribution is -0.151. The van der Waals surface area contributed by atoms with E-state index in [1.165, 1.54) is 0 Å². The van der Waals surface area contributed by atoms with E-state index in [1.54, 1.807) is 26.0 Å². The van der Waals surface area contributed by atoms with Gasteiger partial charge in [0.1, 0.15) is 6.61 Å². The van der Waals surface area contributed by atoms with E-state index in [0.717, 1.165) is 31.2 Å². The normalized spacial score (nSPS) is 16.4. The van der Waals surface area contributed by atoms with Crippen molar-refractivity contribution in [1.29, 1.82) is 0 Å². The highest BCUT2D eigenvalue weighted by Gasteiger charge is 2.36. The van der Waals surface area contributed by atoms with Crippen molar-refractivity contribution in [2.24, 2.45) is 11.8 Å². The summed E-state index contributed by atoms with van der Waals surface area (Å²) in [4.78, 5) is 38.6. The van der Waals surface area contributed by atoms with Crippen molar-refractivity contribution < 1.29 is 24.2 Å². The Morgan fingerprint density at radius 3 is 2.28 bits per heavy atom. The molecule has 1 saturated carbocycles. The van der Waals surface area contributed by atoms with Crippen molar-refractivity contribution >= 4 is 17.8 Å². The largest absolute Gasteiger partial charge is 0.463 e. The molecule has 1 fully saturated rings. The summed E-state index contributed by atoms with van der Waals surface area (Å²) in [5.74, 6) is -1.87. The number of amides is 2. The zero-order chi connectivity index (χ0) is 26.6. The van der Waals surface area contributed by atoms with Crippen molar-refractivity contribution in [3.8, 4) is 0 Å². The highest BCUT2D eigenvalue weighted by atomic mass is 16.5. The highest BCUT2D eigenvalue weighted by molar-refractivity contribution is 5.86. The molecule has 2 rings (SSSR count). The van der Waals surface area contributed by atoms with E-state index >= 15 is 0 Å². The predicted molar refractivity (Wildman–Crippen MR) is 141 cm³/mol. The molecule has 2 atom stereocenters. The van der Waals surface area contributed by atoms with Gasteiger partial charge in [-0.15, -0.1) is 13.2 Å². The lowest BCUT2D eigenvalue weighted by atomic mass is 9.94. The number of benzene rings is 1. The number of aliphatic hydroxyl groups is 1. The number of esters is 1. The van der Waals surface area contributed by atoms with Gasteiger partial charge in [0.15, 0.2) is 0 Å². The Labute approximate surface area is 215 Å². The van der Waals surface area contributed by atoms with Crippen LogP contribution in [0.4, 0.5) is 0 Å². The van der Waals surface area contributed by atoms with E-state index in [4.69, 9.17) is 4.74 Å². The molecule has 1 aromatic carbocycles. The van der Waals surface area contributed by atoms with Gasteiger partial charge in [-0.3, -0.25) is 14.4 Å². The van der Waals surface area contributed by atoms with Gasteiger partial charge in [0.25, 0.3) is 0 Å². The van der Waals surface area contributed by atoms with Crippen LogP contribution in [0, 0.1) is 11.8 Å². The Bertz CT molecular complexity index is 890. The van der Waals surface area contributed by atoms with Gasteiger partial charge >= 0.3 is 5.97 Å². The van der Waals surface area contributed by atoms with Gasteiger partial charge in [-0.2, -0.15) is 0 Å². The fourth-order valence-corrected chi connectivity index (χ4v) is 4.63. The summed E-state index contributed by atoms with van der Waals surface area (Å²) in [6.07, 6.45) is 8.09. The minimum absolute atomic E-state index is 0.000630. The number of hydrogen-bond acceptors (Lipinski definition) is 5. The first-order valence-corrected chi connectivity index (χ1v) is 12.8. The van der Waals surface area contributed by atoms with Crippen molar-refractivity contribution in [3.05, 3.63) is 61.2 Å². The standard InChI is InChI=1S/C29H42N2O5/c1-5-12-23(19-25(33)30-29(20-32)16-10-11-17-29)26(34)31-28(3,4)21-36-27(35)24(13-6-2)18-22-14-8-7-9-15-22/h5-9,14-15,23-24,32H,1-2,10-13,16-21H2,3-4H3,(H,30,33)(H,31,34). The molecule has 2 amide bonds. The van der Waals surface area contributed by atoms with Crippen LogP contribution in [0.1, 0.15) is 64.4 Å². The third-order valence-corrected chi connectivity index (χ3v) is 6.67. The molecule has 198 valence electrons. The molecule has 2 unspecified atom stereocenters. The molecule has 0 aromatic heterocycles. The second-order valence-corrected chi connectivity index (χ2v) is 10.5. The van der Waals surface area contributed by atoms with Crippen LogP contribution in [0.5, 0.6) is 0 Å². The molecule has 36 heavy (non-hydrogen) atoms. The van der Waals surface area contributed by atoms with Crippen LogP contribution in [-0.4, -0.2) is 47.2 Å². The quantitative estimate of drug-likeness (QED) is 0.252. The maximum Gasteiger partial charge on any atom is 0.309 e. The van der Waals surface area contributed by atoms with Crippen molar-refractivity contribution in [2.45, 2.75) is 76.3 Å². The minimum Gasteiger partial charge on any atom is -0.463 e. The zero-order valence-corrected chi connectivity index (χ0v) is 21.8. The molecular weight excluding hydrogens is 456 g/mol. The van der Waals surface area contributed by atoms with Crippen LogP contribution in [0.15, 0.2) is 55.6 Å². The van der Waals surface area contributed by atoms with Crippen LogP contribution in [-0.2, 0) is 25.5 Å². The second-order valence-electron chi connectivity index (χ2n) is 10.5. The third kappa shape index (κ3) is 9.26. The van der Waals surface area contributed by atoms with Crippen LogP contribution in [0.2, 0.25) is 0 Å². The van der Waals surface area contributed by atoms with E-state index in [9.17, 15) is 19.5 Å². The first kappa shape index (κ1) is 29.3. The average molecular weight is 499 g/mol. The van der Waals surface area contributed by atoms with Gasteiger partial charge in [0.05, 0.1) is 29.5 Å². The fraction of sp³-hybridized carbons (Fsp3) is 0.552. The summed E-state index contributed by atoms with van der Waals surface area (Å²) >= 11 is 0. The molecule has 0 spiro atoms. The maximum absolute atomic E-state index is 13.1. The number of carbonyl (C=O) groups excluding carboxylic acids is 3. The Hall–Kier alpha value is -2.93. The van der Waals surface area contributed by atoms with E-state index in [1.807, 2.05) is 30.3 Å². The maximum atomic E-state index is 13.1. The second kappa shape index (κ2) is 14.0. The molecule has 0 radical (unpaired) electrons. The number of allylic oxidation sites excluding steroid dienone is 2. The van der Waals surface area contributed by atoms with E-state index in [2.05, 4.69) is 23.8 Å². The first-order valence-electron chi connectivity index (χ1n) is 12.8. The van der Waals surface area contributed by atoms with Gasteiger partial charge in [-0.05, 0) is 51.5 Å². The summed E-state index contributed by atoms with van der Waals surface area (Å²) in [5, 5.41) is 15.6. The number of ether oxygens (including phenoxy) is 1. The molecule has 7 heteroatoms. The third-order valence-electron chi connectivity index (χ3n) is 6.67.